The predicted molar refractivity (Wildman–Crippen MR) is 134 cm³/mol. The lowest BCUT2D eigenvalue weighted by Gasteiger charge is -2.42. The van der Waals surface area contributed by atoms with E-state index in [0.29, 0.717) is 11.3 Å². The van der Waals surface area contributed by atoms with Gasteiger partial charge in [0.05, 0.1) is 5.69 Å². The van der Waals surface area contributed by atoms with Gasteiger partial charge in [0, 0.05) is 44.8 Å². The Bertz CT molecular complexity index is 889. The van der Waals surface area contributed by atoms with Crippen LogP contribution in [0.2, 0.25) is 0 Å². The first-order valence-electron chi connectivity index (χ1n) is 13.3. The van der Waals surface area contributed by atoms with Crippen LogP contribution in [0.5, 0.6) is 0 Å². The summed E-state index contributed by atoms with van der Waals surface area (Å²) in [5, 5.41) is 0. The van der Waals surface area contributed by atoms with Gasteiger partial charge < -0.3 is 19.1 Å². The van der Waals surface area contributed by atoms with Crippen LogP contribution in [0.15, 0.2) is 24.7 Å². The van der Waals surface area contributed by atoms with E-state index >= 15 is 0 Å². The maximum Gasteiger partial charge on any atom is 0.137 e. The molecule has 1 spiro atoms. The lowest BCUT2D eigenvalue weighted by Crippen LogP contribution is -2.45. The second kappa shape index (κ2) is 9.34. The van der Waals surface area contributed by atoms with Gasteiger partial charge in [-0.25, -0.2) is 4.98 Å². The zero-order chi connectivity index (χ0) is 22.1. The molecule has 0 bridgehead atoms. The Balaban J connectivity index is 1.17. The van der Waals surface area contributed by atoms with Gasteiger partial charge in [0.25, 0.3) is 0 Å². The number of anilines is 1. The van der Waals surface area contributed by atoms with Gasteiger partial charge in [-0.2, -0.15) is 0 Å². The molecule has 176 valence electrons. The number of rotatable bonds is 6. The molecule has 0 radical (unpaired) electrons. The van der Waals surface area contributed by atoms with E-state index in [2.05, 4.69) is 63.3 Å². The highest BCUT2D eigenvalue weighted by Crippen LogP contribution is 2.40. The fourth-order valence-corrected chi connectivity index (χ4v) is 6.48. The van der Waals surface area contributed by atoms with Gasteiger partial charge in [-0.3, -0.25) is 0 Å². The first-order valence-corrected chi connectivity index (χ1v) is 13.3. The first-order chi connectivity index (χ1) is 15.6. The second-order valence-corrected chi connectivity index (χ2v) is 11.0. The van der Waals surface area contributed by atoms with Crippen molar-refractivity contribution in [1.29, 1.82) is 0 Å². The van der Waals surface area contributed by atoms with Crippen molar-refractivity contribution in [2.75, 3.05) is 57.3 Å². The summed E-state index contributed by atoms with van der Waals surface area (Å²) in [6.07, 6.45) is 14.4. The molecule has 0 amide bonds. The molecule has 3 saturated heterocycles. The van der Waals surface area contributed by atoms with Gasteiger partial charge in [0.2, 0.25) is 0 Å². The molecule has 2 aromatic rings. The standard InChI is InChI=1S/C27H43N5/c1-4-22(3)24-18-26-28-11-17-32(26)20-25(24)31-12-6-23(7-13-31)19-30-15-9-27(10-16-30)8-14-29(5-2)21-27/h11,17-18,20,22-23H,4-10,12-16,19,21H2,1-3H3. The highest BCUT2D eigenvalue weighted by atomic mass is 15.2. The topological polar surface area (TPSA) is 27.0 Å². The Hall–Kier alpha value is -1.59. The smallest absolute Gasteiger partial charge is 0.137 e. The van der Waals surface area contributed by atoms with Crippen LogP contribution < -0.4 is 4.90 Å². The van der Waals surface area contributed by atoms with Crippen molar-refractivity contribution < 1.29 is 0 Å². The average molecular weight is 438 g/mol. The Labute approximate surface area is 194 Å². The number of imidazole rings is 1. The minimum atomic E-state index is 0.573. The van der Waals surface area contributed by atoms with E-state index in [9.17, 15) is 0 Å². The third-order valence-electron chi connectivity index (χ3n) is 9.04. The highest BCUT2D eigenvalue weighted by Gasteiger charge is 2.40. The van der Waals surface area contributed by atoms with Crippen LogP contribution in [-0.2, 0) is 0 Å². The molecule has 5 heteroatoms. The molecule has 5 nitrogen and oxygen atoms in total. The molecule has 0 aromatic carbocycles. The van der Waals surface area contributed by atoms with E-state index < -0.39 is 0 Å². The Morgan fingerprint density at radius 2 is 1.75 bits per heavy atom. The molecule has 1 unspecified atom stereocenters. The number of hydrogen-bond donors (Lipinski definition) is 0. The van der Waals surface area contributed by atoms with Crippen molar-refractivity contribution in [3.05, 3.63) is 30.2 Å². The van der Waals surface area contributed by atoms with Gasteiger partial charge in [-0.05, 0) is 93.6 Å². The van der Waals surface area contributed by atoms with Crippen LogP contribution in [0.1, 0.15) is 70.8 Å². The van der Waals surface area contributed by atoms with Crippen LogP contribution in [0.3, 0.4) is 0 Å². The number of piperidine rings is 2. The minimum absolute atomic E-state index is 0.573. The number of nitrogens with zero attached hydrogens (tertiary/aromatic N) is 5. The van der Waals surface area contributed by atoms with Crippen LogP contribution in [-0.4, -0.2) is 71.5 Å². The summed E-state index contributed by atoms with van der Waals surface area (Å²) < 4.78 is 2.19. The minimum Gasteiger partial charge on any atom is -0.370 e. The fourth-order valence-electron chi connectivity index (χ4n) is 6.48. The number of pyridine rings is 1. The van der Waals surface area contributed by atoms with Gasteiger partial charge in [0.15, 0.2) is 0 Å². The molecule has 3 fully saturated rings. The van der Waals surface area contributed by atoms with Gasteiger partial charge in [-0.15, -0.1) is 0 Å². The summed E-state index contributed by atoms with van der Waals surface area (Å²) in [4.78, 5) is 12.6. The Morgan fingerprint density at radius 1 is 1.03 bits per heavy atom. The van der Waals surface area contributed by atoms with Crippen LogP contribution >= 0.6 is 0 Å². The van der Waals surface area contributed by atoms with E-state index in [1.165, 1.54) is 102 Å². The highest BCUT2D eigenvalue weighted by molar-refractivity contribution is 5.60. The molecule has 3 aliphatic rings. The molecule has 32 heavy (non-hydrogen) atoms. The van der Waals surface area contributed by atoms with Crippen molar-refractivity contribution in [3.63, 3.8) is 0 Å². The maximum atomic E-state index is 4.53. The van der Waals surface area contributed by atoms with Crippen LogP contribution in [0.4, 0.5) is 5.69 Å². The molecule has 1 atom stereocenters. The van der Waals surface area contributed by atoms with Gasteiger partial charge in [-0.1, -0.05) is 20.8 Å². The van der Waals surface area contributed by atoms with E-state index in [4.69, 9.17) is 0 Å². The van der Waals surface area contributed by atoms with E-state index in [1.807, 2.05) is 6.20 Å². The molecule has 5 heterocycles. The summed E-state index contributed by atoms with van der Waals surface area (Å²) in [5.41, 5.74) is 4.63. The molecular weight excluding hydrogens is 394 g/mol. The summed E-state index contributed by atoms with van der Waals surface area (Å²) in [5.74, 6) is 1.43. The molecule has 0 saturated carbocycles. The fraction of sp³-hybridized carbons (Fsp3) is 0.741. The van der Waals surface area contributed by atoms with Crippen molar-refractivity contribution in [2.24, 2.45) is 11.3 Å². The molecule has 0 aliphatic carbocycles. The lowest BCUT2D eigenvalue weighted by molar-refractivity contribution is 0.0921. The first kappa shape index (κ1) is 22.2. The van der Waals surface area contributed by atoms with E-state index in [-0.39, 0.29) is 0 Å². The zero-order valence-electron chi connectivity index (χ0n) is 20.6. The molecule has 5 rings (SSSR count). The average Bonchev–Trinajstić information content (AvgIpc) is 3.46. The number of likely N-dealkylation sites (tertiary alicyclic amines) is 2. The predicted octanol–water partition coefficient (Wildman–Crippen LogP) is 4.87. The van der Waals surface area contributed by atoms with Gasteiger partial charge >= 0.3 is 0 Å². The summed E-state index contributed by atoms with van der Waals surface area (Å²) in [6, 6.07) is 2.32. The van der Waals surface area contributed by atoms with Crippen LogP contribution in [0, 0.1) is 11.3 Å². The largest absolute Gasteiger partial charge is 0.370 e. The third-order valence-corrected chi connectivity index (χ3v) is 9.04. The normalized spacial score (nSPS) is 24.0. The third kappa shape index (κ3) is 4.43. The maximum absolute atomic E-state index is 4.53. The Morgan fingerprint density at radius 3 is 2.41 bits per heavy atom. The van der Waals surface area contributed by atoms with Crippen molar-refractivity contribution in [3.8, 4) is 0 Å². The number of hydrogen-bond acceptors (Lipinski definition) is 4. The Kier molecular flexibility index (Phi) is 6.48. The van der Waals surface area contributed by atoms with E-state index in [1.54, 1.807) is 0 Å². The number of fused-ring (bicyclic) bond motifs is 1. The zero-order valence-corrected chi connectivity index (χ0v) is 20.6. The SMILES string of the molecule is CCC(C)c1cc2nccn2cc1N1CCC(CN2CCC3(CC2)CCN(CC)C3)CC1. The van der Waals surface area contributed by atoms with Crippen LogP contribution in [0.25, 0.3) is 5.65 Å². The molecule has 3 aliphatic heterocycles. The monoisotopic (exact) mass is 437 g/mol. The lowest BCUT2D eigenvalue weighted by atomic mass is 9.77. The summed E-state index contributed by atoms with van der Waals surface area (Å²) in [7, 11) is 0. The molecule has 0 N–H and O–H groups in total. The van der Waals surface area contributed by atoms with Crippen molar-refractivity contribution >= 4 is 11.3 Å². The summed E-state index contributed by atoms with van der Waals surface area (Å²) in [6.45, 7) is 17.3. The van der Waals surface area contributed by atoms with Gasteiger partial charge in [0.1, 0.15) is 5.65 Å². The second-order valence-electron chi connectivity index (χ2n) is 11.0. The van der Waals surface area contributed by atoms with E-state index in [0.717, 1.165) is 11.6 Å². The quantitative estimate of drug-likeness (QED) is 0.644. The number of aromatic nitrogens is 2. The van der Waals surface area contributed by atoms with Crippen molar-refractivity contribution in [1.82, 2.24) is 19.2 Å². The van der Waals surface area contributed by atoms with Crippen molar-refractivity contribution in [2.45, 2.75) is 65.2 Å². The summed E-state index contributed by atoms with van der Waals surface area (Å²) >= 11 is 0. The molecular formula is C27H43N5. The molecule has 2 aromatic heterocycles.